The quantitative estimate of drug-likeness (QED) is 0.325. The van der Waals surface area contributed by atoms with E-state index in [-0.39, 0.29) is 53.3 Å². The van der Waals surface area contributed by atoms with Gasteiger partial charge in [0.1, 0.15) is 17.6 Å². The third-order valence-corrected chi connectivity index (χ3v) is 6.41. The SMILES string of the molecule is CC(=O)C1=C(O)C(CO)C(CC2CC(=O)c3c(O)ccc(/C(C)=N\OC(C)C)c3C2)CC1=O. The van der Waals surface area contributed by atoms with Gasteiger partial charge in [0.25, 0.3) is 0 Å². The Morgan fingerprint density at radius 3 is 2.42 bits per heavy atom. The fourth-order valence-corrected chi connectivity index (χ4v) is 4.94. The molecule has 3 unspecified atom stereocenters. The molecule has 1 aromatic rings. The summed E-state index contributed by atoms with van der Waals surface area (Å²) in [4.78, 5) is 42.6. The average molecular weight is 458 g/mol. The number of oxime groups is 1. The zero-order valence-corrected chi connectivity index (χ0v) is 19.4. The number of fused-ring (bicyclic) bond motifs is 1. The van der Waals surface area contributed by atoms with E-state index in [1.807, 2.05) is 13.8 Å². The number of carbonyl (C=O) groups excluding carboxylic acids is 3. The minimum Gasteiger partial charge on any atom is -0.511 e. The second-order valence-electron chi connectivity index (χ2n) is 9.24. The van der Waals surface area contributed by atoms with Gasteiger partial charge in [-0.1, -0.05) is 5.16 Å². The summed E-state index contributed by atoms with van der Waals surface area (Å²) in [6.07, 6.45) is 0.965. The summed E-state index contributed by atoms with van der Waals surface area (Å²) in [5, 5.41) is 34.8. The number of nitrogens with zero attached hydrogens (tertiary/aromatic N) is 1. The minimum absolute atomic E-state index is 0.0252. The maximum Gasteiger partial charge on any atom is 0.170 e. The predicted octanol–water partition coefficient (Wildman–Crippen LogP) is 3.28. The van der Waals surface area contributed by atoms with E-state index in [0.29, 0.717) is 29.7 Å². The number of aromatic hydroxyl groups is 1. The molecular weight excluding hydrogens is 426 g/mol. The molecular formula is C25H31NO7. The second-order valence-corrected chi connectivity index (χ2v) is 9.24. The molecule has 0 spiro atoms. The number of benzene rings is 1. The van der Waals surface area contributed by atoms with Crippen molar-refractivity contribution >= 4 is 23.1 Å². The lowest BCUT2D eigenvalue weighted by atomic mass is 9.70. The number of rotatable bonds is 7. The Kier molecular flexibility index (Phi) is 7.37. The highest BCUT2D eigenvalue weighted by Gasteiger charge is 2.40. The van der Waals surface area contributed by atoms with Crippen molar-refractivity contribution in [2.45, 2.75) is 59.5 Å². The van der Waals surface area contributed by atoms with Crippen LogP contribution in [0, 0.1) is 17.8 Å². The normalized spacial score (nSPS) is 23.7. The molecule has 0 fully saturated rings. The van der Waals surface area contributed by atoms with Crippen molar-refractivity contribution in [1.82, 2.24) is 0 Å². The maximum atomic E-state index is 13.0. The largest absolute Gasteiger partial charge is 0.511 e. The number of hydrogen-bond donors (Lipinski definition) is 3. The molecule has 0 amide bonds. The van der Waals surface area contributed by atoms with Crippen LogP contribution in [0.25, 0.3) is 0 Å². The van der Waals surface area contributed by atoms with E-state index in [2.05, 4.69) is 5.16 Å². The first kappa shape index (κ1) is 24.6. The maximum absolute atomic E-state index is 13.0. The van der Waals surface area contributed by atoms with Crippen LogP contribution in [0.2, 0.25) is 0 Å². The number of ketones is 3. The summed E-state index contributed by atoms with van der Waals surface area (Å²) in [5.41, 5.74) is 2.02. The smallest absolute Gasteiger partial charge is 0.170 e. The zero-order chi connectivity index (χ0) is 24.4. The first-order valence-electron chi connectivity index (χ1n) is 11.2. The van der Waals surface area contributed by atoms with Gasteiger partial charge >= 0.3 is 0 Å². The fraction of sp³-hybridized carbons (Fsp3) is 0.520. The van der Waals surface area contributed by atoms with Crippen molar-refractivity contribution in [3.63, 3.8) is 0 Å². The van der Waals surface area contributed by atoms with Gasteiger partial charge in [-0.15, -0.1) is 0 Å². The molecule has 0 saturated carbocycles. The van der Waals surface area contributed by atoms with Crippen LogP contribution in [0.5, 0.6) is 5.75 Å². The van der Waals surface area contributed by atoms with Crippen LogP contribution in [-0.4, -0.2) is 51.1 Å². The van der Waals surface area contributed by atoms with E-state index in [4.69, 9.17) is 4.84 Å². The Morgan fingerprint density at radius 1 is 1.12 bits per heavy atom. The highest BCUT2D eigenvalue weighted by atomic mass is 16.6. The molecule has 2 aliphatic carbocycles. The highest BCUT2D eigenvalue weighted by molar-refractivity contribution is 6.20. The molecule has 0 aliphatic heterocycles. The number of phenols is 1. The Hall–Kier alpha value is -3.00. The van der Waals surface area contributed by atoms with Gasteiger partial charge in [0.2, 0.25) is 0 Å². The number of aliphatic hydroxyl groups excluding tert-OH is 2. The summed E-state index contributed by atoms with van der Waals surface area (Å²) >= 11 is 0. The van der Waals surface area contributed by atoms with Crippen molar-refractivity contribution in [3.8, 4) is 5.75 Å². The van der Waals surface area contributed by atoms with Crippen molar-refractivity contribution < 1.29 is 34.5 Å². The van der Waals surface area contributed by atoms with E-state index in [0.717, 1.165) is 0 Å². The minimum atomic E-state index is -0.732. The summed E-state index contributed by atoms with van der Waals surface area (Å²) in [7, 11) is 0. The number of Topliss-reactive ketones (excluding diaryl/α,β-unsaturated/α-hetero) is 3. The van der Waals surface area contributed by atoms with Crippen molar-refractivity contribution in [3.05, 3.63) is 40.2 Å². The molecule has 178 valence electrons. The van der Waals surface area contributed by atoms with Gasteiger partial charge in [-0.3, -0.25) is 14.4 Å². The van der Waals surface area contributed by atoms with Crippen molar-refractivity contribution in [2.75, 3.05) is 6.61 Å². The Balaban J connectivity index is 1.91. The van der Waals surface area contributed by atoms with Gasteiger partial charge in [-0.25, -0.2) is 0 Å². The van der Waals surface area contributed by atoms with Crippen LogP contribution >= 0.6 is 0 Å². The highest BCUT2D eigenvalue weighted by Crippen LogP contribution is 2.41. The van der Waals surface area contributed by atoms with Gasteiger partial charge in [-0.05, 0) is 70.1 Å². The number of phenolic OH excluding ortho intramolecular Hbond substituents is 1. The molecule has 3 atom stereocenters. The first-order valence-corrected chi connectivity index (χ1v) is 11.2. The Labute approximate surface area is 192 Å². The monoisotopic (exact) mass is 457 g/mol. The average Bonchev–Trinajstić information content (AvgIpc) is 2.71. The van der Waals surface area contributed by atoms with Crippen LogP contribution in [-0.2, 0) is 20.8 Å². The van der Waals surface area contributed by atoms with Crippen LogP contribution in [0.4, 0.5) is 0 Å². The van der Waals surface area contributed by atoms with Crippen molar-refractivity contribution in [1.29, 1.82) is 0 Å². The molecule has 8 nitrogen and oxygen atoms in total. The van der Waals surface area contributed by atoms with Crippen LogP contribution in [0.15, 0.2) is 28.6 Å². The van der Waals surface area contributed by atoms with Gasteiger partial charge in [0.15, 0.2) is 17.3 Å². The van der Waals surface area contributed by atoms with E-state index < -0.39 is 30.0 Å². The molecule has 33 heavy (non-hydrogen) atoms. The van der Waals surface area contributed by atoms with Gasteiger partial charge in [0, 0.05) is 24.3 Å². The van der Waals surface area contributed by atoms with Crippen LogP contribution in [0.1, 0.15) is 68.4 Å². The van der Waals surface area contributed by atoms with E-state index in [1.165, 1.54) is 13.0 Å². The molecule has 2 aliphatic rings. The first-order chi connectivity index (χ1) is 15.5. The fourth-order valence-electron chi connectivity index (χ4n) is 4.94. The Bertz CT molecular complexity index is 1040. The van der Waals surface area contributed by atoms with Gasteiger partial charge in [-0.2, -0.15) is 0 Å². The molecule has 1 aromatic carbocycles. The lowest BCUT2D eigenvalue weighted by Crippen LogP contribution is -2.35. The molecule has 0 saturated heterocycles. The standard InChI is InChI=1S/C25H31NO7/c1-12(2)33-26-13(3)17-5-6-20(29)24-18(17)8-15(9-21(24)30)7-16-10-22(31)23(14(4)28)25(32)19(16)11-27/h5-6,12,15-16,19,27,29,32H,7-11H2,1-4H3/b26-13-. The number of carbonyl (C=O) groups is 3. The van der Waals surface area contributed by atoms with Gasteiger partial charge in [0.05, 0.1) is 23.5 Å². The molecule has 3 N–H and O–H groups in total. The predicted molar refractivity (Wildman–Crippen MR) is 121 cm³/mol. The lowest BCUT2D eigenvalue weighted by Gasteiger charge is -2.34. The third kappa shape index (κ3) is 5.00. The number of aliphatic hydroxyl groups is 2. The van der Waals surface area contributed by atoms with E-state index in [9.17, 15) is 29.7 Å². The van der Waals surface area contributed by atoms with E-state index >= 15 is 0 Å². The lowest BCUT2D eigenvalue weighted by molar-refractivity contribution is -0.123. The number of allylic oxidation sites excluding steroid dienone is 1. The zero-order valence-electron chi connectivity index (χ0n) is 19.4. The molecule has 0 aromatic heterocycles. The molecule has 8 heteroatoms. The summed E-state index contributed by atoms with van der Waals surface area (Å²) in [6.45, 7) is 6.30. The number of hydrogen-bond acceptors (Lipinski definition) is 8. The summed E-state index contributed by atoms with van der Waals surface area (Å²) < 4.78 is 0. The second kappa shape index (κ2) is 9.87. The Morgan fingerprint density at radius 2 is 1.82 bits per heavy atom. The molecule has 3 rings (SSSR count). The van der Waals surface area contributed by atoms with Crippen LogP contribution in [0.3, 0.4) is 0 Å². The topological polar surface area (TPSA) is 133 Å². The third-order valence-electron chi connectivity index (χ3n) is 6.41. The molecule has 0 radical (unpaired) electrons. The molecule has 0 heterocycles. The van der Waals surface area contributed by atoms with E-state index in [1.54, 1.807) is 13.0 Å². The molecule has 0 bridgehead atoms. The van der Waals surface area contributed by atoms with Crippen molar-refractivity contribution in [2.24, 2.45) is 22.9 Å². The van der Waals surface area contributed by atoms with Gasteiger partial charge < -0.3 is 20.2 Å². The summed E-state index contributed by atoms with van der Waals surface area (Å²) in [6, 6.07) is 3.19. The van der Waals surface area contributed by atoms with Crippen LogP contribution < -0.4 is 0 Å². The summed E-state index contributed by atoms with van der Waals surface area (Å²) in [5.74, 6) is -2.90.